The zero-order valence-electron chi connectivity index (χ0n) is 17.7. The van der Waals surface area contributed by atoms with Crippen molar-refractivity contribution in [3.8, 4) is 11.5 Å². The van der Waals surface area contributed by atoms with Gasteiger partial charge in [-0.15, -0.1) is 13.2 Å². The highest BCUT2D eigenvalue weighted by Crippen LogP contribution is 2.29. The number of benzene rings is 1. The Morgan fingerprint density at radius 3 is 2.36 bits per heavy atom. The minimum absolute atomic E-state index is 0.152. The van der Waals surface area contributed by atoms with Gasteiger partial charge in [0.2, 0.25) is 5.78 Å². The minimum atomic E-state index is -4.74. The summed E-state index contributed by atoms with van der Waals surface area (Å²) in [5.74, 6) is -2.84. The van der Waals surface area contributed by atoms with E-state index in [0.717, 1.165) is 18.5 Å². The highest BCUT2D eigenvalue weighted by Gasteiger charge is 2.31. The predicted octanol–water partition coefficient (Wildman–Crippen LogP) is 2.44. The van der Waals surface area contributed by atoms with Crippen molar-refractivity contribution >= 4 is 17.4 Å². The Morgan fingerprint density at radius 2 is 1.82 bits per heavy atom. The molecule has 0 bridgehead atoms. The van der Waals surface area contributed by atoms with Crippen molar-refractivity contribution in [2.24, 2.45) is 11.7 Å². The van der Waals surface area contributed by atoms with Crippen molar-refractivity contribution in [2.75, 3.05) is 18.0 Å². The molecule has 1 aromatic carbocycles. The molecule has 1 saturated heterocycles. The van der Waals surface area contributed by atoms with Gasteiger partial charge in [-0.2, -0.15) is 0 Å². The van der Waals surface area contributed by atoms with E-state index in [1.165, 1.54) is 19.1 Å². The van der Waals surface area contributed by atoms with E-state index in [1.54, 1.807) is 12.1 Å². The van der Waals surface area contributed by atoms with Gasteiger partial charge in [0.1, 0.15) is 11.6 Å². The second-order valence-electron chi connectivity index (χ2n) is 7.78. The first kappa shape index (κ1) is 24.2. The highest BCUT2D eigenvalue weighted by molar-refractivity contribution is 6.11. The zero-order valence-corrected chi connectivity index (χ0v) is 17.7. The SMILES string of the molecule is Cc1nc(CC2CCN(c3ccc(OC(F)(F)F)cc3)CC2)nc(C(=O)C(N)C(=O)O)c1O. The molecule has 1 aliphatic rings. The standard InChI is InChI=1S/C21H23F3N4O5/c1-11-18(29)17(19(30)16(25)20(31)32)27-15(26-11)10-12-6-8-28(9-7-12)13-2-4-14(5-3-13)33-21(22,23)24/h2-5,12,16,29H,6-10,25H2,1H3,(H,31,32). The normalized spacial score (nSPS) is 15.8. The van der Waals surface area contributed by atoms with Crippen LogP contribution in [0.2, 0.25) is 0 Å². The van der Waals surface area contributed by atoms with E-state index in [2.05, 4.69) is 14.7 Å². The number of anilines is 1. The monoisotopic (exact) mass is 468 g/mol. The fourth-order valence-corrected chi connectivity index (χ4v) is 3.66. The lowest BCUT2D eigenvalue weighted by Gasteiger charge is -2.33. The molecule has 1 aromatic heterocycles. The number of hydrogen-bond donors (Lipinski definition) is 3. The van der Waals surface area contributed by atoms with Gasteiger partial charge in [-0.25, -0.2) is 9.97 Å². The van der Waals surface area contributed by atoms with Crippen LogP contribution in [0.1, 0.15) is 34.8 Å². The molecule has 9 nitrogen and oxygen atoms in total. The molecule has 0 spiro atoms. The molecule has 2 aromatic rings. The Hall–Kier alpha value is -3.41. The van der Waals surface area contributed by atoms with Crippen molar-refractivity contribution in [3.05, 3.63) is 41.5 Å². The molecule has 1 unspecified atom stereocenters. The number of nitrogens with zero attached hydrogens (tertiary/aromatic N) is 3. The zero-order chi connectivity index (χ0) is 24.3. The van der Waals surface area contributed by atoms with Crippen LogP contribution in [0.25, 0.3) is 0 Å². The summed E-state index contributed by atoms with van der Waals surface area (Å²) in [6.07, 6.45) is -2.85. The van der Waals surface area contributed by atoms with Gasteiger partial charge in [-0.1, -0.05) is 0 Å². The summed E-state index contributed by atoms with van der Waals surface area (Å²) in [5.41, 5.74) is 5.88. The van der Waals surface area contributed by atoms with Gasteiger partial charge in [0.25, 0.3) is 0 Å². The van der Waals surface area contributed by atoms with Crippen LogP contribution in [-0.4, -0.2) is 57.4 Å². The number of halogens is 3. The van der Waals surface area contributed by atoms with Crippen LogP contribution in [0, 0.1) is 12.8 Å². The van der Waals surface area contributed by atoms with Gasteiger partial charge in [0.15, 0.2) is 17.5 Å². The third-order valence-corrected chi connectivity index (χ3v) is 5.41. The molecule has 0 radical (unpaired) electrons. The molecule has 2 heterocycles. The lowest BCUT2D eigenvalue weighted by Crippen LogP contribution is -2.39. The molecule has 178 valence electrons. The van der Waals surface area contributed by atoms with Crippen LogP contribution in [-0.2, 0) is 11.2 Å². The number of nitrogens with two attached hydrogens (primary N) is 1. The first-order valence-corrected chi connectivity index (χ1v) is 10.1. The number of carbonyl (C=O) groups is 2. The highest BCUT2D eigenvalue weighted by atomic mass is 19.4. The number of piperidine rings is 1. The number of aryl methyl sites for hydroxylation is 1. The fraction of sp³-hybridized carbons (Fsp3) is 0.429. The van der Waals surface area contributed by atoms with E-state index < -0.39 is 35.6 Å². The molecule has 4 N–H and O–H groups in total. The number of carbonyl (C=O) groups excluding carboxylic acids is 1. The number of alkyl halides is 3. The van der Waals surface area contributed by atoms with Crippen molar-refractivity contribution < 1.29 is 37.7 Å². The van der Waals surface area contributed by atoms with E-state index in [1.807, 2.05) is 4.90 Å². The maximum atomic E-state index is 12.3. The number of carboxylic acids is 1. The van der Waals surface area contributed by atoms with Crippen molar-refractivity contribution in [2.45, 2.75) is 38.6 Å². The summed E-state index contributed by atoms with van der Waals surface area (Å²) in [5, 5.41) is 19.1. The smallest absolute Gasteiger partial charge is 0.504 e. The molecule has 1 fully saturated rings. The van der Waals surface area contributed by atoms with Gasteiger partial charge in [0, 0.05) is 25.2 Å². The lowest BCUT2D eigenvalue weighted by molar-refractivity contribution is -0.274. The second-order valence-corrected chi connectivity index (χ2v) is 7.78. The molecule has 0 amide bonds. The Balaban J connectivity index is 1.63. The number of Topliss-reactive ketones (excluding diaryl/α,β-unsaturated/α-hetero) is 1. The summed E-state index contributed by atoms with van der Waals surface area (Å²) in [7, 11) is 0. The van der Waals surface area contributed by atoms with Gasteiger partial charge in [0.05, 0.1) is 5.69 Å². The third-order valence-electron chi connectivity index (χ3n) is 5.41. The van der Waals surface area contributed by atoms with E-state index in [0.29, 0.717) is 25.3 Å². The second kappa shape index (κ2) is 9.61. The van der Waals surface area contributed by atoms with Crippen LogP contribution in [0.4, 0.5) is 18.9 Å². The molecule has 12 heteroatoms. The summed E-state index contributed by atoms with van der Waals surface area (Å²) < 4.78 is 40.8. The van der Waals surface area contributed by atoms with Gasteiger partial charge < -0.3 is 25.6 Å². The van der Waals surface area contributed by atoms with Crippen LogP contribution in [0.5, 0.6) is 11.5 Å². The Bertz CT molecular complexity index is 1020. The molecular weight excluding hydrogens is 445 g/mol. The van der Waals surface area contributed by atoms with Gasteiger partial charge >= 0.3 is 12.3 Å². The summed E-state index contributed by atoms with van der Waals surface area (Å²) in [6.45, 7) is 2.78. The first-order chi connectivity index (χ1) is 15.4. The summed E-state index contributed by atoms with van der Waals surface area (Å²) >= 11 is 0. The average Bonchev–Trinajstić information content (AvgIpc) is 2.75. The minimum Gasteiger partial charge on any atom is -0.504 e. The number of ketones is 1. The van der Waals surface area contributed by atoms with E-state index in [4.69, 9.17) is 10.8 Å². The van der Waals surface area contributed by atoms with Gasteiger partial charge in [-0.05, 0) is 49.9 Å². The van der Waals surface area contributed by atoms with Crippen molar-refractivity contribution in [1.29, 1.82) is 0 Å². The van der Waals surface area contributed by atoms with Crippen LogP contribution >= 0.6 is 0 Å². The molecule has 3 rings (SSSR count). The van der Waals surface area contributed by atoms with Crippen molar-refractivity contribution in [1.82, 2.24) is 9.97 Å². The fourth-order valence-electron chi connectivity index (χ4n) is 3.66. The van der Waals surface area contributed by atoms with E-state index in [-0.39, 0.29) is 17.4 Å². The number of aromatic hydroxyl groups is 1. The molecule has 1 atom stereocenters. The largest absolute Gasteiger partial charge is 0.573 e. The first-order valence-electron chi connectivity index (χ1n) is 10.1. The molecule has 1 aliphatic heterocycles. The third kappa shape index (κ3) is 6.09. The Labute approximate surface area is 187 Å². The topological polar surface area (TPSA) is 139 Å². The number of aromatic nitrogens is 2. The quantitative estimate of drug-likeness (QED) is 0.413. The van der Waals surface area contributed by atoms with Crippen LogP contribution < -0.4 is 15.4 Å². The molecular formula is C21H23F3N4O5. The number of hydrogen-bond acceptors (Lipinski definition) is 8. The Morgan fingerprint density at radius 1 is 1.21 bits per heavy atom. The van der Waals surface area contributed by atoms with Gasteiger partial charge in [-0.3, -0.25) is 9.59 Å². The number of carboxylic acid groups (broad SMARTS) is 1. The molecule has 0 saturated carbocycles. The maximum absolute atomic E-state index is 12.3. The number of rotatable bonds is 7. The van der Waals surface area contributed by atoms with Crippen LogP contribution in [0.15, 0.2) is 24.3 Å². The predicted molar refractivity (Wildman–Crippen MR) is 110 cm³/mol. The lowest BCUT2D eigenvalue weighted by atomic mass is 9.92. The maximum Gasteiger partial charge on any atom is 0.573 e. The number of aliphatic carboxylic acids is 1. The van der Waals surface area contributed by atoms with E-state index in [9.17, 15) is 27.9 Å². The summed E-state index contributed by atoms with van der Waals surface area (Å²) in [6, 6.07) is 3.83. The summed E-state index contributed by atoms with van der Waals surface area (Å²) in [4.78, 5) is 33.6. The Kier molecular flexibility index (Phi) is 7.06. The average molecular weight is 468 g/mol. The number of ether oxygens (including phenoxy) is 1. The molecule has 33 heavy (non-hydrogen) atoms. The molecule has 0 aliphatic carbocycles. The van der Waals surface area contributed by atoms with Crippen molar-refractivity contribution in [3.63, 3.8) is 0 Å². The van der Waals surface area contributed by atoms with E-state index >= 15 is 0 Å². The van der Waals surface area contributed by atoms with Crippen LogP contribution in [0.3, 0.4) is 0 Å².